The van der Waals surface area contributed by atoms with Gasteiger partial charge in [0.25, 0.3) is 0 Å². The van der Waals surface area contributed by atoms with Crippen molar-refractivity contribution in [1.82, 2.24) is 10.2 Å². The first kappa shape index (κ1) is 15.6. The third kappa shape index (κ3) is 4.12. The number of carbonyl (C=O) groups is 2. The van der Waals surface area contributed by atoms with Crippen LogP contribution in [0.2, 0.25) is 0 Å². The van der Waals surface area contributed by atoms with Crippen molar-refractivity contribution in [3.05, 3.63) is 0 Å². The van der Waals surface area contributed by atoms with Gasteiger partial charge < -0.3 is 10.4 Å². The molecule has 0 aromatic rings. The van der Waals surface area contributed by atoms with Crippen LogP contribution in [-0.2, 0) is 9.59 Å². The van der Waals surface area contributed by atoms with Gasteiger partial charge in [-0.3, -0.25) is 14.5 Å². The van der Waals surface area contributed by atoms with Gasteiger partial charge in [-0.2, -0.15) is 11.8 Å². The molecule has 0 bridgehead atoms. The predicted octanol–water partition coefficient (Wildman–Crippen LogP) is 1.33. The molecule has 5 nitrogen and oxygen atoms in total. The summed E-state index contributed by atoms with van der Waals surface area (Å²) < 4.78 is 0. The Kier molecular flexibility index (Phi) is 5.72. The van der Waals surface area contributed by atoms with Gasteiger partial charge in [-0.05, 0) is 19.8 Å². The Bertz CT molecular complexity index is 358. The lowest BCUT2D eigenvalue weighted by molar-refractivity contribution is -0.139. The van der Waals surface area contributed by atoms with Crippen LogP contribution in [0.4, 0.5) is 0 Å². The quantitative estimate of drug-likeness (QED) is 0.801. The van der Waals surface area contributed by atoms with Crippen LogP contribution in [0, 0.1) is 0 Å². The maximum atomic E-state index is 12.3. The van der Waals surface area contributed by atoms with Gasteiger partial charge in [-0.25, -0.2) is 0 Å². The zero-order chi connectivity index (χ0) is 14.5. The molecular weight excluding hydrogens is 276 g/mol. The van der Waals surface area contributed by atoms with Crippen LogP contribution in [0.25, 0.3) is 0 Å². The molecule has 2 aliphatic rings. The fourth-order valence-corrected chi connectivity index (χ4v) is 4.19. The Labute approximate surface area is 124 Å². The molecule has 1 saturated carbocycles. The van der Waals surface area contributed by atoms with Crippen molar-refractivity contribution < 1.29 is 14.7 Å². The zero-order valence-corrected chi connectivity index (χ0v) is 12.8. The van der Waals surface area contributed by atoms with E-state index in [4.69, 9.17) is 5.11 Å². The van der Waals surface area contributed by atoms with Gasteiger partial charge in [0, 0.05) is 30.1 Å². The molecule has 0 aromatic carbocycles. The summed E-state index contributed by atoms with van der Waals surface area (Å²) in [6.07, 6.45) is 4.66. The minimum atomic E-state index is -0.786. The number of hydrogen-bond donors (Lipinski definition) is 2. The van der Waals surface area contributed by atoms with Crippen LogP contribution >= 0.6 is 11.8 Å². The lowest BCUT2D eigenvalue weighted by atomic mass is 10.1. The van der Waals surface area contributed by atoms with Gasteiger partial charge in [0.2, 0.25) is 5.91 Å². The van der Waals surface area contributed by atoms with E-state index < -0.39 is 5.97 Å². The van der Waals surface area contributed by atoms with Gasteiger partial charge in [-0.1, -0.05) is 12.8 Å². The molecule has 6 heteroatoms. The van der Waals surface area contributed by atoms with Crippen molar-refractivity contribution >= 4 is 23.6 Å². The summed E-state index contributed by atoms with van der Waals surface area (Å²) in [5, 5.41) is 12.1. The number of carboxylic acids is 1. The number of amides is 1. The molecule has 1 heterocycles. The van der Waals surface area contributed by atoms with Gasteiger partial charge in [0.1, 0.15) is 0 Å². The Morgan fingerprint density at radius 2 is 2.10 bits per heavy atom. The summed E-state index contributed by atoms with van der Waals surface area (Å²) >= 11 is 1.77. The third-order valence-electron chi connectivity index (χ3n) is 4.26. The molecule has 2 atom stereocenters. The Morgan fingerprint density at radius 3 is 2.75 bits per heavy atom. The van der Waals surface area contributed by atoms with Gasteiger partial charge in [0.15, 0.2) is 0 Å². The van der Waals surface area contributed by atoms with Crippen LogP contribution in [0.5, 0.6) is 0 Å². The standard InChI is InChI=1S/C14H24N2O3S/c1-10(14(19)15-11-4-2-3-5-11)16-6-7-20-9-12(16)8-13(17)18/h10-12H,2-9H2,1H3,(H,15,19)(H,17,18). The lowest BCUT2D eigenvalue weighted by Gasteiger charge is -2.38. The van der Waals surface area contributed by atoms with Gasteiger partial charge in [0.05, 0.1) is 12.5 Å². The Morgan fingerprint density at radius 1 is 1.40 bits per heavy atom. The molecule has 0 radical (unpaired) electrons. The third-order valence-corrected chi connectivity index (χ3v) is 5.35. The molecule has 114 valence electrons. The molecular formula is C14H24N2O3S. The fraction of sp³-hybridized carbons (Fsp3) is 0.857. The Hall–Kier alpha value is -0.750. The second kappa shape index (κ2) is 7.31. The van der Waals surface area contributed by atoms with Crippen molar-refractivity contribution in [2.24, 2.45) is 0 Å². The SMILES string of the molecule is CC(C(=O)NC1CCCC1)N1CCSCC1CC(=O)O. The number of hydrogen-bond acceptors (Lipinski definition) is 4. The van der Waals surface area contributed by atoms with Crippen molar-refractivity contribution in [2.75, 3.05) is 18.1 Å². The van der Waals surface area contributed by atoms with Crippen molar-refractivity contribution in [2.45, 2.75) is 57.2 Å². The average Bonchev–Trinajstić information content (AvgIpc) is 2.90. The first-order valence-electron chi connectivity index (χ1n) is 7.43. The lowest BCUT2D eigenvalue weighted by Crippen LogP contribution is -2.54. The molecule has 0 aromatic heterocycles. The van der Waals surface area contributed by atoms with Crippen molar-refractivity contribution in [3.8, 4) is 0 Å². The number of carbonyl (C=O) groups excluding carboxylic acids is 1. The highest BCUT2D eigenvalue weighted by molar-refractivity contribution is 7.99. The summed E-state index contributed by atoms with van der Waals surface area (Å²) in [5.74, 6) is 1.04. The summed E-state index contributed by atoms with van der Waals surface area (Å²) in [6, 6.07) is 0.0541. The fourth-order valence-electron chi connectivity index (χ4n) is 3.10. The van der Waals surface area contributed by atoms with E-state index in [1.807, 2.05) is 6.92 Å². The molecule has 1 aliphatic carbocycles. The number of aliphatic carboxylic acids is 1. The normalized spacial score (nSPS) is 26.4. The zero-order valence-electron chi connectivity index (χ0n) is 12.0. The predicted molar refractivity (Wildman–Crippen MR) is 79.9 cm³/mol. The highest BCUT2D eigenvalue weighted by atomic mass is 32.2. The van der Waals surface area contributed by atoms with E-state index in [-0.39, 0.29) is 24.4 Å². The van der Waals surface area contributed by atoms with Crippen LogP contribution in [0.1, 0.15) is 39.0 Å². The summed E-state index contributed by atoms with van der Waals surface area (Å²) in [5.41, 5.74) is 0. The van der Waals surface area contributed by atoms with E-state index in [9.17, 15) is 9.59 Å². The highest BCUT2D eigenvalue weighted by Crippen LogP contribution is 2.22. The van der Waals surface area contributed by atoms with Crippen LogP contribution in [0.3, 0.4) is 0 Å². The minimum absolute atomic E-state index is 0.0319. The molecule has 2 N–H and O–H groups in total. The monoisotopic (exact) mass is 300 g/mol. The number of nitrogens with one attached hydrogen (secondary N) is 1. The molecule has 2 unspecified atom stereocenters. The molecule has 1 aliphatic heterocycles. The van der Waals surface area contributed by atoms with Crippen LogP contribution in [0.15, 0.2) is 0 Å². The van der Waals surface area contributed by atoms with E-state index >= 15 is 0 Å². The van der Waals surface area contributed by atoms with Crippen molar-refractivity contribution in [3.63, 3.8) is 0 Å². The number of carboxylic acid groups (broad SMARTS) is 1. The molecule has 20 heavy (non-hydrogen) atoms. The largest absolute Gasteiger partial charge is 0.481 e. The first-order chi connectivity index (χ1) is 9.58. The van der Waals surface area contributed by atoms with E-state index in [1.54, 1.807) is 11.8 Å². The van der Waals surface area contributed by atoms with Crippen LogP contribution in [-0.4, -0.2) is 58.1 Å². The molecule has 2 fully saturated rings. The van der Waals surface area contributed by atoms with Crippen LogP contribution < -0.4 is 5.32 Å². The topological polar surface area (TPSA) is 69.6 Å². The summed E-state index contributed by atoms with van der Waals surface area (Å²) in [7, 11) is 0. The van der Waals surface area contributed by atoms with Gasteiger partial charge >= 0.3 is 5.97 Å². The van der Waals surface area contributed by atoms with E-state index in [0.717, 1.165) is 30.9 Å². The molecule has 2 rings (SSSR count). The molecule has 0 spiro atoms. The first-order valence-corrected chi connectivity index (χ1v) is 8.59. The number of rotatable bonds is 5. The van der Waals surface area contributed by atoms with Crippen molar-refractivity contribution in [1.29, 1.82) is 0 Å². The Balaban J connectivity index is 1.91. The molecule has 1 saturated heterocycles. The smallest absolute Gasteiger partial charge is 0.304 e. The van der Waals surface area contributed by atoms with Gasteiger partial charge in [-0.15, -0.1) is 0 Å². The average molecular weight is 300 g/mol. The number of nitrogens with zero attached hydrogens (tertiary/aromatic N) is 1. The van der Waals surface area contributed by atoms with E-state index in [2.05, 4.69) is 10.2 Å². The number of thioether (sulfide) groups is 1. The summed E-state index contributed by atoms with van der Waals surface area (Å²) in [4.78, 5) is 25.3. The highest BCUT2D eigenvalue weighted by Gasteiger charge is 2.32. The summed E-state index contributed by atoms with van der Waals surface area (Å²) in [6.45, 7) is 2.69. The molecule has 1 amide bonds. The minimum Gasteiger partial charge on any atom is -0.481 e. The second-order valence-electron chi connectivity index (χ2n) is 5.73. The second-order valence-corrected chi connectivity index (χ2v) is 6.88. The maximum absolute atomic E-state index is 12.3. The van der Waals surface area contributed by atoms with E-state index in [1.165, 1.54) is 12.8 Å². The van der Waals surface area contributed by atoms with E-state index in [0.29, 0.717) is 6.04 Å². The maximum Gasteiger partial charge on any atom is 0.304 e.